The number of rotatable bonds is 8. The van der Waals surface area contributed by atoms with Gasteiger partial charge in [0.15, 0.2) is 5.78 Å². The van der Waals surface area contributed by atoms with Crippen molar-refractivity contribution in [1.29, 1.82) is 0 Å². The van der Waals surface area contributed by atoms with E-state index in [1.54, 1.807) is 12.1 Å². The molecule has 3 rings (SSSR count). The van der Waals surface area contributed by atoms with E-state index < -0.39 is 0 Å². The molecule has 2 N–H and O–H groups in total. The van der Waals surface area contributed by atoms with Crippen LogP contribution in [0.5, 0.6) is 17.2 Å². The normalized spacial score (nSPS) is 13.8. The number of carbonyl (C=O) groups is 1. The number of nitrogens with zero attached hydrogens (tertiary/aromatic N) is 1. The molecule has 32 heavy (non-hydrogen) atoms. The minimum absolute atomic E-state index is 0.109. The Morgan fingerprint density at radius 2 is 1.75 bits per heavy atom. The molecular weight excluding hydrogens is 404 g/mol. The fourth-order valence-electron chi connectivity index (χ4n) is 3.72. The highest BCUT2D eigenvalue weighted by Gasteiger charge is 2.22. The predicted molar refractivity (Wildman–Crippen MR) is 129 cm³/mol. The van der Waals surface area contributed by atoms with Crippen LogP contribution in [-0.4, -0.2) is 51.3 Å². The number of phenols is 1. The van der Waals surface area contributed by atoms with Crippen molar-refractivity contribution < 1.29 is 19.4 Å². The third kappa shape index (κ3) is 5.51. The number of hydrogen-bond donors (Lipinski definition) is 2. The van der Waals surface area contributed by atoms with Crippen LogP contribution in [0.1, 0.15) is 35.3 Å². The van der Waals surface area contributed by atoms with Crippen LogP contribution in [0.15, 0.2) is 48.1 Å². The van der Waals surface area contributed by atoms with Crippen LogP contribution in [0, 0.1) is 0 Å². The zero-order chi connectivity index (χ0) is 23.1. The van der Waals surface area contributed by atoms with Crippen LogP contribution in [0.2, 0.25) is 0 Å². The molecule has 0 saturated carbocycles. The zero-order valence-electron chi connectivity index (χ0n) is 19.3. The number of aromatic hydroxyl groups is 1. The summed E-state index contributed by atoms with van der Waals surface area (Å²) in [5, 5.41) is 14.3. The van der Waals surface area contributed by atoms with E-state index in [4.69, 9.17) is 9.47 Å². The maximum Gasteiger partial charge on any atom is 0.193 e. The van der Waals surface area contributed by atoms with Crippen molar-refractivity contribution in [3.05, 3.63) is 64.7 Å². The number of ether oxygens (including phenoxy) is 2. The van der Waals surface area contributed by atoms with Crippen LogP contribution in [0.4, 0.5) is 5.69 Å². The lowest BCUT2D eigenvalue weighted by atomic mass is 9.99. The second-order valence-corrected chi connectivity index (χ2v) is 8.00. The Balaban J connectivity index is 1.85. The molecule has 0 unspecified atom stereocenters. The minimum atomic E-state index is -0.327. The monoisotopic (exact) mass is 436 g/mol. The summed E-state index contributed by atoms with van der Waals surface area (Å²) in [5.41, 5.74) is 3.90. The first-order valence-corrected chi connectivity index (χ1v) is 10.8. The Morgan fingerprint density at radius 3 is 2.34 bits per heavy atom. The van der Waals surface area contributed by atoms with Crippen LogP contribution >= 0.6 is 0 Å². The summed E-state index contributed by atoms with van der Waals surface area (Å²) in [6, 6.07) is 9.77. The van der Waals surface area contributed by atoms with Gasteiger partial charge in [0.25, 0.3) is 0 Å². The smallest absolute Gasteiger partial charge is 0.193 e. The van der Waals surface area contributed by atoms with Gasteiger partial charge in [-0.25, -0.2) is 0 Å². The van der Waals surface area contributed by atoms with Gasteiger partial charge in [0, 0.05) is 43.5 Å². The van der Waals surface area contributed by atoms with Crippen LogP contribution in [0.25, 0.3) is 6.08 Å². The lowest BCUT2D eigenvalue weighted by molar-refractivity contribution is 0.104. The standard InChI is InChI=1S/C26H32N2O4/c1-18(2)5-11-21-23(31-3)17-24(32-4)25(26(21)30)22(29)12-8-19-6-9-20(10-7-19)28-15-13-27-14-16-28/h5-10,12,17,27,30H,11,13-16H2,1-4H3/b12-8+. The van der Waals surface area contributed by atoms with E-state index in [9.17, 15) is 9.90 Å². The number of phenolic OH excluding ortho intramolecular Hbond substituents is 1. The molecular formula is C26H32N2O4. The van der Waals surface area contributed by atoms with Gasteiger partial charge in [-0.3, -0.25) is 4.79 Å². The largest absolute Gasteiger partial charge is 0.507 e. The third-order valence-corrected chi connectivity index (χ3v) is 5.53. The van der Waals surface area contributed by atoms with Crippen molar-refractivity contribution in [2.24, 2.45) is 0 Å². The molecule has 2 aromatic carbocycles. The lowest BCUT2D eigenvalue weighted by Gasteiger charge is -2.29. The first-order valence-electron chi connectivity index (χ1n) is 10.8. The van der Waals surface area contributed by atoms with E-state index >= 15 is 0 Å². The Kier molecular flexibility index (Phi) is 7.95. The van der Waals surface area contributed by atoms with E-state index in [0.29, 0.717) is 17.7 Å². The summed E-state index contributed by atoms with van der Waals surface area (Å²) in [6.45, 7) is 7.90. The second kappa shape index (κ2) is 10.9. The van der Waals surface area contributed by atoms with Crippen LogP contribution < -0.4 is 19.7 Å². The van der Waals surface area contributed by atoms with Gasteiger partial charge in [-0.15, -0.1) is 0 Å². The maximum atomic E-state index is 13.0. The molecule has 0 amide bonds. The number of piperazine rings is 1. The molecule has 1 fully saturated rings. The van der Waals surface area contributed by atoms with Crippen LogP contribution in [-0.2, 0) is 6.42 Å². The summed E-state index contributed by atoms with van der Waals surface area (Å²) < 4.78 is 10.8. The Bertz CT molecular complexity index is 999. The van der Waals surface area contributed by atoms with Gasteiger partial charge in [0.2, 0.25) is 0 Å². The quantitative estimate of drug-likeness (QED) is 0.367. The summed E-state index contributed by atoms with van der Waals surface area (Å²) in [6.07, 6.45) is 5.66. The molecule has 1 saturated heterocycles. The van der Waals surface area contributed by atoms with Crippen molar-refractivity contribution in [3.63, 3.8) is 0 Å². The number of nitrogens with one attached hydrogen (secondary N) is 1. The molecule has 0 radical (unpaired) electrons. The number of allylic oxidation sites excluding steroid dienone is 3. The lowest BCUT2D eigenvalue weighted by Crippen LogP contribution is -2.43. The molecule has 0 aromatic heterocycles. The Labute approximate surface area is 190 Å². The molecule has 1 aliphatic heterocycles. The van der Waals surface area contributed by atoms with Gasteiger partial charge < -0.3 is 24.8 Å². The van der Waals surface area contributed by atoms with Crippen LogP contribution in [0.3, 0.4) is 0 Å². The first-order chi connectivity index (χ1) is 15.4. The van der Waals surface area contributed by atoms with Crippen molar-refractivity contribution >= 4 is 17.5 Å². The van der Waals surface area contributed by atoms with Crippen molar-refractivity contribution in [3.8, 4) is 17.2 Å². The van der Waals surface area contributed by atoms with E-state index in [-0.39, 0.29) is 22.8 Å². The SMILES string of the molecule is COc1cc(OC)c(C(=O)/C=C/c2ccc(N3CCNCC3)cc2)c(O)c1CC=C(C)C. The molecule has 2 aromatic rings. The zero-order valence-corrected chi connectivity index (χ0v) is 19.3. The molecule has 1 heterocycles. The Morgan fingerprint density at radius 1 is 1.09 bits per heavy atom. The minimum Gasteiger partial charge on any atom is -0.507 e. The number of methoxy groups -OCH3 is 2. The maximum absolute atomic E-state index is 13.0. The highest BCUT2D eigenvalue weighted by atomic mass is 16.5. The fourth-order valence-corrected chi connectivity index (χ4v) is 3.72. The highest BCUT2D eigenvalue weighted by Crippen LogP contribution is 2.39. The predicted octanol–water partition coefficient (Wildman–Crippen LogP) is 4.22. The van der Waals surface area contributed by atoms with E-state index in [2.05, 4.69) is 22.3 Å². The van der Waals surface area contributed by atoms with Gasteiger partial charge in [-0.05, 0) is 44.0 Å². The molecule has 0 bridgehead atoms. The Hall–Kier alpha value is -3.25. The first kappa shape index (κ1) is 23.4. The van der Waals surface area contributed by atoms with Gasteiger partial charge in [0.05, 0.1) is 14.2 Å². The summed E-state index contributed by atoms with van der Waals surface area (Å²) >= 11 is 0. The second-order valence-electron chi connectivity index (χ2n) is 8.00. The van der Waals surface area contributed by atoms with E-state index in [1.165, 1.54) is 26.0 Å². The number of hydrogen-bond acceptors (Lipinski definition) is 6. The average Bonchev–Trinajstić information content (AvgIpc) is 2.81. The molecule has 0 spiro atoms. The van der Waals surface area contributed by atoms with Gasteiger partial charge in [-0.2, -0.15) is 0 Å². The highest BCUT2D eigenvalue weighted by molar-refractivity contribution is 6.11. The molecule has 6 nitrogen and oxygen atoms in total. The topological polar surface area (TPSA) is 71.0 Å². The van der Waals surface area contributed by atoms with Crippen molar-refractivity contribution in [2.45, 2.75) is 20.3 Å². The van der Waals surface area contributed by atoms with E-state index in [0.717, 1.165) is 37.3 Å². The van der Waals surface area contributed by atoms with E-state index in [1.807, 2.05) is 32.1 Å². The molecule has 6 heteroatoms. The number of anilines is 1. The van der Waals surface area contributed by atoms with Gasteiger partial charge in [0.1, 0.15) is 22.8 Å². The van der Waals surface area contributed by atoms with Crippen molar-refractivity contribution in [2.75, 3.05) is 45.3 Å². The average molecular weight is 437 g/mol. The summed E-state index contributed by atoms with van der Waals surface area (Å²) in [5.74, 6) is 0.332. The number of ketones is 1. The summed E-state index contributed by atoms with van der Waals surface area (Å²) in [4.78, 5) is 15.4. The molecule has 0 atom stereocenters. The van der Waals surface area contributed by atoms with Gasteiger partial charge >= 0.3 is 0 Å². The summed E-state index contributed by atoms with van der Waals surface area (Å²) in [7, 11) is 3.00. The molecule has 0 aliphatic carbocycles. The third-order valence-electron chi connectivity index (χ3n) is 5.53. The fraction of sp³-hybridized carbons (Fsp3) is 0.346. The number of benzene rings is 2. The van der Waals surface area contributed by atoms with Gasteiger partial charge in [-0.1, -0.05) is 29.9 Å². The van der Waals surface area contributed by atoms with Crippen molar-refractivity contribution in [1.82, 2.24) is 5.32 Å². The molecule has 170 valence electrons. The molecule has 1 aliphatic rings. The number of carbonyl (C=O) groups excluding carboxylic acids is 1.